The van der Waals surface area contributed by atoms with E-state index in [0.29, 0.717) is 0 Å². The largest absolute Gasteiger partial charge is 0.309 e. The summed E-state index contributed by atoms with van der Waals surface area (Å²) in [4.78, 5) is 2.41. The van der Waals surface area contributed by atoms with Crippen molar-refractivity contribution in [3.63, 3.8) is 0 Å². The van der Waals surface area contributed by atoms with Gasteiger partial charge < -0.3 is 4.90 Å². The first kappa shape index (κ1) is 22.1. The molecule has 0 amide bonds. The topological polar surface area (TPSA) is 3.24 Å². The molecule has 1 heterocycles. The third-order valence-corrected chi connectivity index (χ3v) is 8.58. The first-order chi connectivity index (χ1) is 18.3. The molecule has 176 valence electrons. The van der Waals surface area contributed by atoms with Crippen LogP contribution >= 0.6 is 15.9 Å². The lowest BCUT2D eigenvalue weighted by atomic mass is 9.64. The van der Waals surface area contributed by atoms with Crippen molar-refractivity contribution < 1.29 is 0 Å². The summed E-state index contributed by atoms with van der Waals surface area (Å²) < 4.78 is 1.06. The van der Waals surface area contributed by atoms with Crippen molar-refractivity contribution in [3.8, 4) is 11.1 Å². The quantitative estimate of drug-likeness (QED) is 0.203. The molecule has 1 spiro atoms. The Morgan fingerprint density at radius 2 is 1.05 bits per heavy atom. The van der Waals surface area contributed by atoms with Crippen LogP contribution in [0.2, 0.25) is 0 Å². The highest BCUT2D eigenvalue weighted by molar-refractivity contribution is 9.10. The summed E-state index contributed by atoms with van der Waals surface area (Å²) >= 11 is 3.95. The molecule has 1 nitrogen and oxygen atoms in total. The van der Waals surface area contributed by atoms with Crippen LogP contribution in [0, 0.1) is 0 Å². The summed E-state index contributed by atoms with van der Waals surface area (Å²) in [6.07, 6.45) is 5.87. The third-order valence-electron chi connectivity index (χ3n) is 7.71. The SMILES string of the molecule is C=C/C=C\c1cccc(N2c3ccccc3C3(c4ccccc4-c4ccccc43)c3ccccc32)c1Br. The van der Waals surface area contributed by atoms with Crippen LogP contribution < -0.4 is 4.90 Å². The van der Waals surface area contributed by atoms with Gasteiger partial charge in [0.05, 0.1) is 22.5 Å². The van der Waals surface area contributed by atoms with Gasteiger partial charge in [-0.05, 0) is 73.1 Å². The summed E-state index contributed by atoms with van der Waals surface area (Å²) in [5.41, 5.74) is 12.1. The highest BCUT2D eigenvalue weighted by Crippen LogP contribution is 2.63. The summed E-state index contributed by atoms with van der Waals surface area (Å²) in [5.74, 6) is 0. The van der Waals surface area contributed by atoms with Gasteiger partial charge in [0.1, 0.15) is 0 Å². The molecular weight excluding hydrogens is 514 g/mol. The van der Waals surface area contributed by atoms with E-state index in [2.05, 4.69) is 149 Å². The summed E-state index contributed by atoms with van der Waals surface area (Å²) in [6, 6.07) is 42.1. The van der Waals surface area contributed by atoms with Gasteiger partial charge in [-0.15, -0.1) is 0 Å². The number of benzene rings is 5. The molecule has 5 aromatic carbocycles. The van der Waals surface area contributed by atoms with Gasteiger partial charge in [-0.25, -0.2) is 0 Å². The fraction of sp³-hybridized carbons (Fsp3) is 0.0286. The molecule has 0 atom stereocenters. The molecule has 1 aliphatic heterocycles. The Morgan fingerprint density at radius 1 is 0.568 bits per heavy atom. The summed E-state index contributed by atoms with van der Waals surface area (Å²) in [7, 11) is 0. The Kier molecular flexibility index (Phi) is 5.05. The lowest BCUT2D eigenvalue weighted by Crippen LogP contribution is -2.36. The number of para-hydroxylation sites is 2. The zero-order chi connectivity index (χ0) is 25.0. The molecule has 0 unspecified atom stereocenters. The molecule has 0 saturated carbocycles. The predicted octanol–water partition coefficient (Wildman–Crippen LogP) is 9.79. The molecule has 0 N–H and O–H groups in total. The molecular formula is C35H24BrN. The maximum absolute atomic E-state index is 3.95. The molecule has 0 bridgehead atoms. The number of rotatable bonds is 3. The second-order valence-corrected chi connectivity index (χ2v) is 10.3. The number of allylic oxidation sites excluding steroid dienone is 2. The van der Waals surface area contributed by atoms with Crippen molar-refractivity contribution in [3.05, 3.63) is 166 Å². The second kappa shape index (κ2) is 8.47. The van der Waals surface area contributed by atoms with Crippen molar-refractivity contribution in [2.45, 2.75) is 5.41 Å². The van der Waals surface area contributed by atoms with Crippen LogP contribution in [0.25, 0.3) is 17.2 Å². The van der Waals surface area contributed by atoms with Gasteiger partial charge in [-0.2, -0.15) is 0 Å². The number of hydrogen-bond donors (Lipinski definition) is 0. The van der Waals surface area contributed by atoms with E-state index in [0.717, 1.165) is 15.7 Å². The first-order valence-electron chi connectivity index (χ1n) is 12.5. The minimum Gasteiger partial charge on any atom is -0.309 e. The maximum atomic E-state index is 3.95. The fourth-order valence-corrected chi connectivity index (χ4v) is 6.91. The van der Waals surface area contributed by atoms with E-state index in [-0.39, 0.29) is 5.41 Å². The number of fused-ring (bicyclic) bond motifs is 9. The first-order valence-corrected chi connectivity index (χ1v) is 13.3. The monoisotopic (exact) mass is 537 g/mol. The molecule has 0 saturated heterocycles. The van der Waals surface area contributed by atoms with Gasteiger partial charge in [0.15, 0.2) is 0 Å². The predicted molar refractivity (Wildman–Crippen MR) is 159 cm³/mol. The van der Waals surface area contributed by atoms with E-state index in [1.165, 1.54) is 44.8 Å². The van der Waals surface area contributed by atoms with E-state index in [1.807, 2.05) is 12.2 Å². The molecule has 7 rings (SSSR count). The average molecular weight is 538 g/mol. The normalized spacial score (nSPS) is 14.2. The van der Waals surface area contributed by atoms with E-state index in [4.69, 9.17) is 0 Å². The van der Waals surface area contributed by atoms with Gasteiger partial charge in [0, 0.05) is 4.47 Å². The number of halogens is 1. The van der Waals surface area contributed by atoms with Crippen LogP contribution in [0.1, 0.15) is 27.8 Å². The van der Waals surface area contributed by atoms with E-state index >= 15 is 0 Å². The molecule has 5 aromatic rings. The van der Waals surface area contributed by atoms with E-state index < -0.39 is 0 Å². The Morgan fingerprint density at radius 3 is 1.62 bits per heavy atom. The molecule has 0 aromatic heterocycles. The highest BCUT2D eigenvalue weighted by Gasteiger charge is 2.51. The van der Waals surface area contributed by atoms with Crippen LogP contribution in [-0.2, 0) is 5.41 Å². The third kappa shape index (κ3) is 2.97. The maximum Gasteiger partial charge on any atom is 0.0754 e. The van der Waals surface area contributed by atoms with Gasteiger partial charge in [0.2, 0.25) is 0 Å². The second-order valence-electron chi connectivity index (χ2n) is 9.49. The average Bonchev–Trinajstić information content (AvgIpc) is 3.25. The zero-order valence-corrected chi connectivity index (χ0v) is 21.8. The number of hydrogen-bond acceptors (Lipinski definition) is 1. The lowest BCUT2D eigenvalue weighted by Gasteiger charge is -2.45. The Labute approximate surface area is 226 Å². The highest BCUT2D eigenvalue weighted by atomic mass is 79.9. The molecule has 37 heavy (non-hydrogen) atoms. The van der Waals surface area contributed by atoms with Crippen molar-refractivity contribution in [1.82, 2.24) is 0 Å². The smallest absolute Gasteiger partial charge is 0.0754 e. The Balaban J connectivity index is 1.60. The van der Waals surface area contributed by atoms with Crippen LogP contribution in [-0.4, -0.2) is 0 Å². The van der Waals surface area contributed by atoms with Crippen molar-refractivity contribution in [1.29, 1.82) is 0 Å². The van der Waals surface area contributed by atoms with E-state index in [9.17, 15) is 0 Å². The number of anilines is 3. The van der Waals surface area contributed by atoms with Crippen molar-refractivity contribution in [2.24, 2.45) is 0 Å². The fourth-order valence-electron chi connectivity index (χ4n) is 6.33. The van der Waals surface area contributed by atoms with Crippen LogP contribution in [0.15, 0.2) is 138 Å². The molecule has 2 heteroatoms. The summed E-state index contributed by atoms with van der Waals surface area (Å²) in [5, 5.41) is 0. The molecule has 0 fully saturated rings. The van der Waals surface area contributed by atoms with Crippen LogP contribution in [0.3, 0.4) is 0 Å². The van der Waals surface area contributed by atoms with E-state index in [1.54, 1.807) is 0 Å². The lowest BCUT2D eigenvalue weighted by molar-refractivity contribution is 0.752. The Hall–Kier alpha value is -4.14. The van der Waals surface area contributed by atoms with Gasteiger partial charge in [-0.3, -0.25) is 0 Å². The standard InChI is InChI=1S/C35H24BrN/c1-2-3-13-24-14-12-23-33(34(24)36)37-31-21-10-8-19-29(31)35(30-20-9-11-22-32(30)37)27-17-6-4-15-25(27)26-16-5-7-18-28(26)35/h2-23H,1H2/b13-3-. The zero-order valence-electron chi connectivity index (χ0n) is 20.2. The van der Waals surface area contributed by atoms with Gasteiger partial charge in [-0.1, -0.05) is 122 Å². The Bertz CT molecular complexity index is 1630. The summed E-state index contributed by atoms with van der Waals surface area (Å²) in [6.45, 7) is 3.84. The molecule has 1 aliphatic carbocycles. The minimum atomic E-state index is -0.385. The van der Waals surface area contributed by atoms with Crippen LogP contribution in [0.5, 0.6) is 0 Å². The minimum absolute atomic E-state index is 0.385. The number of nitrogens with zero attached hydrogens (tertiary/aromatic N) is 1. The van der Waals surface area contributed by atoms with Crippen molar-refractivity contribution >= 4 is 39.1 Å². The van der Waals surface area contributed by atoms with Crippen molar-refractivity contribution in [2.75, 3.05) is 4.90 Å². The van der Waals surface area contributed by atoms with Gasteiger partial charge in [0.25, 0.3) is 0 Å². The van der Waals surface area contributed by atoms with Gasteiger partial charge >= 0.3 is 0 Å². The molecule has 0 radical (unpaired) electrons. The van der Waals surface area contributed by atoms with Crippen LogP contribution in [0.4, 0.5) is 17.1 Å². The molecule has 2 aliphatic rings.